The predicted octanol–water partition coefficient (Wildman–Crippen LogP) is 2.93. The summed E-state index contributed by atoms with van der Waals surface area (Å²) in [6.45, 7) is 0. The molecule has 4 rings (SSSR count). The fraction of sp³-hybridized carbons (Fsp3) is 0.278. The highest BCUT2D eigenvalue weighted by Crippen LogP contribution is 2.21. The van der Waals surface area contributed by atoms with Crippen LogP contribution in [0.4, 0.5) is 0 Å². The van der Waals surface area contributed by atoms with Gasteiger partial charge in [-0.15, -0.1) is 0 Å². The lowest BCUT2D eigenvalue weighted by Crippen LogP contribution is -2.39. The molecule has 7 heteroatoms. The number of amides is 1. The maximum absolute atomic E-state index is 12.3. The van der Waals surface area contributed by atoms with Gasteiger partial charge in [-0.25, -0.2) is 4.98 Å². The Morgan fingerprint density at radius 3 is 3.04 bits per heavy atom. The summed E-state index contributed by atoms with van der Waals surface area (Å²) >= 11 is 5.88. The van der Waals surface area contributed by atoms with E-state index in [4.69, 9.17) is 16.0 Å². The monoisotopic (exact) mass is 356 g/mol. The minimum Gasteiger partial charge on any atom is -0.444 e. The van der Waals surface area contributed by atoms with E-state index in [1.807, 2.05) is 18.3 Å². The molecule has 0 radical (unpaired) electrons. The smallest absolute Gasteiger partial charge is 0.226 e. The van der Waals surface area contributed by atoms with Gasteiger partial charge in [0.15, 0.2) is 0 Å². The molecule has 0 saturated carbocycles. The van der Waals surface area contributed by atoms with Gasteiger partial charge in [0.2, 0.25) is 11.8 Å². The molecule has 1 amide bonds. The Morgan fingerprint density at radius 2 is 2.20 bits per heavy atom. The maximum Gasteiger partial charge on any atom is 0.226 e. The van der Waals surface area contributed by atoms with Gasteiger partial charge < -0.3 is 9.73 Å². The molecule has 2 N–H and O–H groups in total. The molecule has 128 valence electrons. The van der Waals surface area contributed by atoms with E-state index in [0.717, 1.165) is 24.8 Å². The average molecular weight is 357 g/mol. The molecule has 25 heavy (non-hydrogen) atoms. The summed E-state index contributed by atoms with van der Waals surface area (Å²) in [5.41, 5.74) is 3.80. The van der Waals surface area contributed by atoms with E-state index in [0.29, 0.717) is 16.6 Å². The van der Waals surface area contributed by atoms with Crippen LogP contribution >= 0.6 is 11.6 Å². The highest BCUT2D eigenvalue weighted by molar-refractivity contribution is 6.30. The Kier molecular flexibility index (Phi) is 4.28. The van der Waals surface area contributed by atoms with E-state index in [1.54, 1.807) is 12.1 Å². The number of carbonyl (C=O) groups is 1. The molecule has 0 fully saturated rings. The second kappa shape index (κ2) is 6.72. The van der Waals surface area contributed by atoms with Crippen LogP contribution in [0, 0.1) is 0 Å². The first-order chi connectivity index (χ1) is 12.2. The first kappa shape index (κ1) is 15.9. The lowest BCUT2D eigenvalue weighted by Gasteiger charge is -2.22. The normalized spacial score (nSPS) is 16.4. The van der Waals surface area contributed by atoms with Crippen molar-refractivity contribution in [1.82, 2.24) is 20.5 Å². The van der Waals surface area contributed by atoms with Crippen molar-refractivity contribution in [3.05, 3.63) is 58.7 Å². The third kappa shape index (κ3) is 3.58. The summed E-state index contributed by atoms with van der Waals surface area (Å²) in [5.74, 6) is 0.438. The van der Waals surface area contributed by atoms with E-state index < -0.39 is 0 Å². The number of H-pyrrole nitrogens is 1. The second-order valence-corrected chi connectivity index (χ2v) is 6.65. The standard InChI is InChI=1S/C18H17ClN4O2/c19-13-3-1-11(2-4-13)18-22-15(10-25-18)8-17(24)21-14-5-6-16-12(7-14)9-20-23-16/h1-4,9-10,14H,5-8H2,(H,20,23)(H,21,24). The molecule has 1 aliphatic carbocycles. The molecule has 0 aliphatic heterocycles. The Hall–Kier alpha value is -2.60. The number of nitrogens with zero attached hydrogens (tertiary/aromatic N) is 2. The van der Waals surface area contributed by atoms with Gasteiger partial charge in [0.1, 0.15) is 6.26 Å². The number of aryl methyl sites for hydroxylation is 1. The minimum atomic E-state index is -0.0482. The van der Waals surface area contributed by atoms with Crippen LogP contribution in [-0.2, 0) is 24.1 Å². The van der Waals surface area contributed by atoms with Gasteiger partial charge in [0.25, 0.3) is 0 Å². The molecular weight excluding hydrogens is 340 g/mol. The zero-order valence-corrected chi connectivity index (χ0v) is 14.2. The van der Waals surface area contributed by atoms with Gasteiger partial charge in [-0.3, -0.25) is 9.89 Å². The second-order valence-electron chi connectivity index (χ2n) is 6.21. The predicted molar refractivity (Wildman–Crippen MR) is 93.2 cm³/mol. The first-order valence-electron chi connectivity index (χ1n) is 8.18. The number of rotatable bonds is 4. The number of nitrogens with one attached hydrogen (secondary N) is 2. The zero-order chi connectivity index (χ0) is 17.2. The van der Waals surface area contributed by atoms with E-state index in [9.17, 15) is 4.79 Å². The van der Waals surface area contributed by atoms with Gasteiger partial charge in [0.05, 0.1) is 18.3 Å². The summed E-state index contributed by atoms with van der Waals surface area (Å²) in [6, 6.07) is 7.37. The molecule has 6 nitrogen and oxygen atoms in total. The molecule has 2 aromatic heterocycles. The van der Waals surface area contributed by atoms with Crippen LogP contribution in [0.15, 0.2) is 41.1 Å². The Morgan fingerprint density at radius 1 is 1.36 bits per heavy atom. The van der Waals surface area contributed by atoms with Crippen LogP contribution in [0.25, 0.3) is 11.5 Å². The molecule has 0 saturated heterocycles. The molecule has 1 aromatic carbocycles. The van der Waals surface area contributed by atoms with Crippen molar-refractivity contribution in [3.8, 4) is 11.5 Å². The topological polar surface area (TPSA) is 83.8 Å². The van der Waals surface area contributed by atoms with Crippen LogP contribution in [0.5, 0.6) is 0 Å². The van der Waals surface area contributed by atoms with Crippen molar-refractivity contribution in [2.45, 2.75) is 31.7 Å². The third-order valence-corrected chi connectivity index (χ3v) is 4.62. The molecule has 1 atom stereocenters. The van der Waals surface area contributed by atoms with Crippen molar-refractivity contribution in [1.29, 1.82) is 0 Å². The van der Waals surface area contributed by atoms with Gasteiger partial charge in [0, 0.05) is 22.3 Å². The van der Waals surface area contributed by atoms with E-state index >= 15 is 0 Å². The van der Waals surface area contributed by atoms with E-state index in [1.165, 1.54) is 17.5 Å². The van der Waals surface area contributed by atoms with Crippen molar-refractivity contribution in [3.63, 3.8) is 0 Å². The van der Waals surface area contributed by atoms with Crippen molar-refractivity contribution in [2.75, 3.05) is 0 Å². The molecule has 0 bridgehead atoms. The molecule has 1 unspecified atom stereocenters. The van der Waals surface area contributed by atoms with Gasteiger partial charge in [-0.2, -0.15) is 5.10 Å². The number of hydrogen-bond donors (Lipinski definition) is 2. The lowest BCUT2D eigenvalue weighted by molar-refractivity contribution is -0.121. The van der Waals surface area contributed by atoms with Crippen LogP contribution in [0.1, 0.15) is 23.4 Å². The van der Waals surface area contributed by atoms with E-state index in [-0.39, 0.29) is 18.4 Å². The van der Waals surface area contributed by atoms with E-state index in [2.05, 4.69) is 20.5 Å². The number of hydrogen-bond acceptors (Lipinski definition) is 4. The summed E-state index contributed by atoms with van der Waals surface area (Å²) in [7, 11) is 0. The van der Waals surface area contributed by atoms with Gasteiger partial charge in [-0.1, -0.05) is 11.6 Å². The number of aromatic nitrogens is 3. The largest absolute Gasteiger partial charge is 0.444 e. The summed E-state index contributed by atoms with van der Waals surface area (Å²) in [4.78, 5) is 16.7. The summed E-state index contributed by atoms with van der Waals surface area (Å²) < 4.78 is 5.47. The number of oxazole rings is 1. The number of carbonyl (C=O) groups excluding carboxylic acids is 1. The Balaban J connectivity index is 1.36. The third-order valence-electron chi connectivity index (χ3n) is 4.37. The minimum absolute atomic E-state index is 0.0482. The quantitative estimate of drug-likeness (QED) is 0.752. The highest BCUT2D eigenvalue weighted by Gasteiger charge is 2.22. The SMILES string of the molecule is O=C(Cc1coc(-c2ccc(Cl)cc2)n1)NC1CCc2[nH]ncc2C1. The Labute approximate surface area is 149 Å². The van der Waals surface area contributed by atoms with Gasteiger partial charge in [-0.05, 0) is 49.1 Å². The Bertz CT molecular complexity index is 885. The maximum atomic E-state index is 12.3. The van der Waals surface area contributed by atoms with Crippen LogP contribution < -0.4 is 5.32 Å². The summed E-state index contributed by atoms with van der Waals surface area (Å²) in [6.07, 6.45) is 6.20. The van der Waals surface area contributed by atoms with Gasteiger partial charge >= 0.3 is 0 Å². The number of halogens is 1. The summed E-state index contributed by atoms with van der Waals surface area (Å²) in [5, 5.41) is 10.8. The molecule has 1 aliphatic rings. The zero-order valence-electron chi connectivity index (χ0n) is 13.5. The molecule has 3 aromatic rings. The number of aromatic amines is 1. The number of fused-ring (bicyclic) bond motifs is 1. The van der Waals surface area contributed by atoms with Crippen molar-refractivity contribution >= 4 is 17.5 Å². The van der Waals surface area contributed by atoms with Crippen molar-refractivity contribution < 1.29 is 9.21 Å². The van der Waals surface area contributed by atoms with Crippen LogP contribution in [0.2, 0.25) is 5.02 Å². The number of benzene rings is 1. The highest BCUT2D eigenvalue weighted by atomic mass is 35.5. The average Bonchev–Trinajstić information content (AvgIpc) is 3.24. The fourth-order valence-corrected chi connectivity index (χ4v) is 3.22. The molecular formula is C18H17ClN4O2. The van der Waals surface area contributed by atoms with Crippen LogP contribution in [-0.4, -0.2) is 27.1 Å². The molecule has 0 spiro atoms. The van der Waals surface area contributed by atoms with Crippen molar-refractivity contribution in [2.24, 2.45) is 0 Å². The lowest BCUT2D eigenvalue weighted by atomic mass is 9.93. The molecule has 2 heterocycles. The van der Waals surface area contributed by atoms with Crippen LogP contribution in [0.3, 0.4) is 0 Å². The fourth-order valence-electron chi connectivity index (χ4n) is 3.10. The first-order valence-corrected chi connectivity index (χ1v) is 8.56.